The Labute approximate surface area is 601 Å². The van der Waals surface area contributed by atoms with E-state index in [1.165, 1.54) is 83.5 Å². The molecule has 16 nitrogen and oxygen atoms in total. The molecule has 0 aromatic heterocycles. The van der Waals surface area contributed by atoms with Gasteiger partial charge in [-0.2, -0.15) is 0 Å². The Morgan fingerprint density at radius 2 is 0.535 bits per heavy atom. The lowest BCUT2D eigenvalue weighted by molar-refractivity contribution is -0.161. The van der Waals surface area contributed by atoms with Crippen LogP contribution in [0.5, 0.6) is 0 Å². The van der Waals surface area contributed by atoms with E-state index in [-0.39, 0.29) is 19.3 Å². The van der Waals surface area contributed by atoms with Crippen LogP contribution in [0.1, 0.15) is 303 Å². The zero-order valence-corrected chi connectivity index (χ0v) is 63.7. The SMILES string of the molecule is CC/C=C\C/C=C\C/C=C\C/C=C\C/C=C\C/C=C\CCCCCCCCCCCCC(=O)OCC(O)COP(=O)(O)OCC(O)COP(=O)(O)OCC(COC(=O)CCCCCCC/C=C\C/C=C\C/C=C\C/C=C\C/C=C\CC)OC(=O)CCCCCCCCCCCCCCC. The van der Waals surface area contributed by atoms with Crippen molar-refractivity contribution in [3.63, 3.8) is 0 Å². The summed E-state index contributed by atoms with van der Waals surface area (Å²) in [6, 6.07) is 0. The third-order valence-corrected chi connectivity index (χ3v) is 17.8. The maximum absolute atomic E-state index is 12.9. The first-order chi connectivity index (χ1) is 48.2. The predicted octanol–water partition coefficient (Wildman–Crippen LogP) is 22.3. The highest BCUT2D eigenvalue weighted by atomic mass is 31.2. The van der Waals surface area contributed by atoms with Gasteiger partial charge in [0.05, 0.1) is 26.4 Å². The van der Waals surface area contributed by atoms with E-state index in [2.05, 4.69) is 154 Å². The maximum Gasteiger partial charge on any atom is 0.472 e. The van der Waals surface area contributed by atoms with Gasteiger partial charge in [0, 0.05) is 19.3 Å². The first kappa shape index (κ1) is 94.7. The molecule has 0 rings (SSSR count). The number of aliphatic hydroxyl groups is 2. The molecule has 5 unspecified atom stereocenters. The van der Waals surface area contributed by atoms with Crippen LogP contribution in [0, 0.1) is 0 Å². The molecule has 0 spiro atoms. The van der Waals surface area contributed by atoms with Gasteiger partial charge >= 0.3 is 33.6 Å². The van der Waals surface area contributed by atoms with Gasteiger partial charge in [-0.25, -0.2) is 9.13 Å². The molecule has 0 bridgehead atoms. The minimum atomic E-state index is -4.93. The van der Waals surface area contributed by atoms with Gasteiger partial charge in [0.25, 0.3) is 0 Å². The van der Waals surface area contributed by atoms with Crippen LogP contribution in [0.2, 0.25) is 0 Å². The maximum atomic E-state index is 12.9. The lowest BCUT2D eigenvalue weighted by Gasteiger charge is -2.21. The number of rotatable bonds is 72. The van der Waals surface area contributed by atoms with E-state index >= 15 is 0 Å². The first-order valence-electron chi connectivity index (χ1n) is 38.5. The molecule has 18 heteroatoms. The van der Waals surface area contributed by atoms with E-state index in [1.54, 1.807) is 0 Å². The molecule has 0 heterocycles. The van der Waals surface area contributed by atoms with E-state index in [4.69, 9.17) is 32.3 Å². The van der Waals surface area contributed by atoms with Crippen LogP contribution in [0.15, 0.2) is 134 Å². The summed E-state index contributed by atoms with van der Waals surface area (Å²) < 4.78 is 61.1. The number of carbonyl (C=O) groups excluding carboxylic acids is 3. The van der Waals surface area contributed by atoms with E-state index in [1.807, 2.05) is 0 Å². The summed E-state index contributed by atoms with van der Waals surface area (Å²) in [5.74, 6) is -1.60. The van der Waals surface area contributed by atoms with E-state index in [0.717, 1.165) is 161 Å². The van der Waals surface area contributed by atoms with Crippen molar-refractivity contribution < 1.29 is 75.8 Å². The number of phosphoric ester groups is 2. The van der Waals surface area contributed by atoms with Gasteiger partial charge in [-0.1, -0.05) is 302 Å². The van der Waals surface area contributed by atoms with E-state index in [0.29, 0.717) is 19.3 Å². The molecule has 0 aliphatic carbocycles. The fourth-order valence-electron chi connectivity index (χ4n) is 10.1. The third-order valence-electron chi connectivity index (χ3n) is 15.9. The number of phosphoric acid groups is 2. The zero-order valence-electron chi connectivity index (χ0n) is 61.9. The molecule has 568 valence electrons. The number of esters is 3. The van der Waals surface area contributed by atoms with Crippen LogP contribution >= 0.6 is 15.6 Å². The molecule has 5 atom stereocenters. The normalized spacial score (nSPS) is 14.8. The number of aliphatic hydroxyl groups excluding tert-OH is 2. The Morgan fingerprint density at radius 1 is 0.293 bits per heavy atom. The van der Waals surface area contributed by atoms with Gasteiger partial charge in [-0.05, 0) is 116 Å². The highest BCUT2D eigenvalue weighted by molar-refractivity contribution is 7.47. The second-order valence-electron chi connectivity index (χ2n) is 25.4. The Morgan fingerprint density at radius 3 is 0.848 bits per heavy atom. The second-order valence-corrected chi connectivity index (χ2v) is 28.3. The molecule has 0 saturated carbocycles. The van der Waals surface area contributed by atoms with E-state index in [9.17, 15) is 43.5 Å². The molecule has 99 heavy (non-hydrogen) atoms. The van der Waals surface area contributed by atoms with Crippen molar-refractivity contribution in [1.29, 1.82) is 0 Å². The molecule has 0 aliphatic rings. The van der Waals surface area contributed by atoms with Crippen LogP contribution in [0.3, 0.4) is 0 Å². The van der Waals surface area contributed by atoms with Crippen molar-refractivity contribution >= 4 is 33.6 Å². The summed E-state index contributed by atoms with van der Waals surface area (Å²) in [6.07, 6.45) is 87.8. The summed E-state index contributed by atoms with van der Waals surface area (Å²) in [5.41, 5.74) is 0. The van der Waals surface area contributed by atoms with Gasteiger partial charge in [-0.3, -0.25) is 32.5 Å². The molecule has 0 amide bonds. The number of carbonyl (C=O) groups is 3. The minimum absolute atomic E-state index is 0.101. The third kappa shape index (κ3) is 74.7. The molecule has 4 N–H and O–H groups in total. The number of ether oxygens (including phenoxy) is 3. The van der Waals surface area contributed by atoms with Crippen LogP contribution in [-0.4, -0.2) is 95.9 Å². The van der Waals surface area contributed by atoms with Crippen molar-refractivity contribution in [3.05, 3.63) is 134 Å². The summed E-state index contributed by atoms with van der Waals surface area (Å²) in [6.45, 7) is 2.43. The number of allylic oxidation sites excluding steroid dienone is 22. The summed E-state index contributed by atoms with van der Waals surface area (Å²) in [7, 11) is -9.79. The quantitative estimate of drug-likeness (QED) is 0.0146. The standard InChI is InChI=1S/C81H138O16P2/c1-4-7-10-13-16-19-22-25-27-29-31-33-34-35-36-37-38-39-40-42-44-45-47-50-52-55-58-61-64-67-79(84)91-70-76(82)71-93-98(87,88)94-72-77(83)73-95-99(89,90)96-75-78(97-81(86)69-66-63-60-57-54-49-24-21-18-15-12-9-6-3)74-92-80(85)68-65-62-59-56-53-51-48-46-43-41-32-30-28-26-23-20-17-14-11-8-5-2/h7-8,10-11,16-17,19-20,25-28,31-33,35-36,38-39,41,46,48,76-78,82-83H,4-6,9,12-15,18,21-24,29-30,34,37,40,42-45,47,49-75H2,1-3H3,(H,87,88)(H,89,90)/b10-7-,11-8-,19-16-,20-17-,27-25-,28-26-,33-31-,36-35-,39-38-,41-32-,48-46-. The van der Waals surface area contributed by atoms with Crippen LogP contribution in [-0.2, 0) is 55.8 Å². The lowest BCUT2D eigenvalue weighted by atomic mass is 10.0. The highest BCUT2D eigenvalue weighted by Gasteiger charge is 2.29. The van der Waals surface area contributed by atoms with Gasteiger partial charge in [0.15, 0.2) is 6.10 Å². The zero-order chi connectivity index (χ0) is 72.3. The van der Waals surface area contributed by atoms with Crippen molar-refractivity contribution in [2.45, 2.75) is 322 Å². The van der Waals surface area contributed by atoms with Crippen LogP contribution < -0.4 is 0 Å². The fourth-order valence-corrected chi connectivity index (χ4v) is 11.7. The fraction of sp³-hybridized carbons (Fsp3) is 0.691. The first-order valence-corrected chi connectivity index (χ1v) is 41.5. The largest absolute Gasteiger partial charge is 0.472 e. The smallest absolute Gasteiger partial charge is 0.463 e. The van der Waals surface area contributed by atoms with Crippen LogP contribution in [0.4, 0.5) is 0 Å². The highest BCUT2D eigenvalue weighted by Crippen LogP contribution is 2.45. The average molecular weight is 1430 g/mol. The van der Waals surface area contributed by atoms with Crippen molar-refractivity contribution in [1.82, 2.24) is 0 Å². The Hall–Kier alpha value is -4.31. The molecular formula is C81H138O16P2. The molecular weight excluding hydrogens is 1290 g/mol. The number of hydrogen-bond acceptors (Lipinski definition) is 14. The van der Waals surface area contributed by atoms with Crippen molar-refractivity contribution in [2.24, 2.45) is 0 Å². The van der Waals surface area contributed by atoms with Gasteiger partial charge < -0.3 is 34.2 Å². The molecule has 0 aromatic carbocycles. The average Bonchev–Trinajstić information content (AvgIpc) is 1.36. The van der Waals surface area contributed by atoms with Gasteiger partial charge in [0.1, 0.15) is 25.4 Å². The number of unbranched alkanes of at least 4 members (excludes halogenated alkanes) is 27. The predicted molar refractivity (Wildman–Crippen MR) is 408 cm³/mol. The Bertz CT molecular complexity index is 2330. The van der Waals surface area contributed by atoms with Crippen molar-refractivity contribution in [2.75, 3.05) is 39.6 Å². The molecule has 0 aliphatic heterocycles. The number of hydrogen-bond donors (Lipinski definition) is 4. The van der Waals surface area contributed by atoms with Crippen LogP contribution in [0.25, 0.3) is 0 Å². The lowest BCUT2D eigenvalue weighted by Crippen LogP contribution is -2.30. The van der Waals surface area contributed by atoms with Crippen molar-refractivity contribution in [3.8, 4) is 0 Å². The molecule has 0 aromatic rings. The minimum Gasteiger partial charge on any atom is -0.463 e. The molecule has 0 fully saturated rings. The molecule has 0 radical (unpaired) electrons. The topological polar surface area (TPSA) is 231 Å². The van der Waals surface area contributed by atoms with Gasteiger partial charge in [-0.15, -0.1) is 0 Å². The second kappa shape index (κ2) is 73.4. The van der Waals surface area contributed by atoms with E-state index < -0.39 is 91.5 Å². The summed E-state index contributed by atoms with van der Waals surface area (Å²) >= 11 is 0. The summed E-state index contributed by atoms with van der Waals surface area (Å²) in [5, 5.41) is 20.6. The Balaban J connectivity index is 4.52. The summed E-state index contributed by atoms with van der Waals surface area (Å²) in [4.78, 5) is 58.6. The monoisotopic (exact) mass is 1430 g/mol. The molecule has 0 saturated heterocycles. The van der Waals surface area contributed by atoms with Gasteiger partial charge in [0.2, 0.25) is 0 Å². The Kier molecular flexibility index (Phi) is 70.2.